The molecule has 1 aromatic rings. The number of carbonyl (C=O) groups excluding carboxylic acids is 2. The zero-order valence-corrected chi connectivity index (χ0v) is 11.1. The molecular weight excluding hydrogens is 240 g/mol. The maximum Gasteiger partial charge on any atom is 0.263 e. The summed E-state index contributed by atoms with van der Waals surface area (Å²) in [5.74, 6) is 0.0598. The van der Waals surface area contributed by atoms with Crippen molar-refractivity contribution in [3.63, 3.8) is 0 Å². The minimum absolute atomic E-state index is 0.0526. The lowest BCUT2D eigenvalue weighted by molar-refractivity contribution is 0.0547. The van der Waals surface area contributed by atoms with Gasteiger partial charge in [0.15, 0.2) is 0 Å². The van der Waals surface area contributed by atoms with Crippen LogP contribution in [0.15, 0.2) is 18.2 Å². The van der Waals surface area contributed by atoms with Gasteiger partial charge >= 0.3 is 0 Å². The fraction of sp³-hybridized carbons (Fsp3) is 0.467. The summed E-state index contributed by atoms with van der Waals surface area (Å²) < 4.78 is 0. The molecule has 0 radical (unpaired) electrons. The molecule has 1 heterocycles. The number of carbonyl (C=O) groups is 2. The van der Waals surface area contributed by atoms with Gasteiger partial charge < -0.3 is 5.73 Å². The summed E-state index contributed by atoms with van der Waals surface area (Å²) in [4.78, 5) is 26.4. The molecule has 4 heteroatoms. The molecule has 0 saturated heterocycles. The summed E-state index contributed by atoms with van der Waals surface area (Å²) in [7, 11) is 0. The van der Waals surface area contributed by atoms with Crippen LogP contribution in [-0.2, 0) is 0 Å². The molecule has 0 spiro atoms. The summed E-state index contributed by atoms with van der Waals surface area (Å²) in [6.07, 6.45) is 4.12. The number of nitrogen functional groups attached to an aromatic ring is 1. The average Bonchev–Trinajstić information content (AvgIpc) is 2.94. The van der Waals surface area contributed by atoms with Gasteiger partial charge in [-0.1, -0.05) is 25.8 Å². The molecule has 0 aromatic heterocycles. The molecule has 2 N–H and O–H groups in total. The van der Waals surface area contributed by atoms with Crippen molar-refractivity contribution >= 4 is 17.5 Å². The van der Waals surface area contributed by atoms with E-state index in [-0.39, 0.29) is 17.9 Å². The Morgan fingerprint density at radius 3 is 2.74 bits per heavy atom. The zero-order valence-electron chi connectivity index (χ0n) is 11.1. The van der Waals surface area contributed by atoms with Gasteiger partial charge in [0.1, 0.15) is 0 Å². The normalized spacial score (nSPS) is 26.1. The highest BCUT2D eigenvalue weighted by molar-refractivity contribution is 6.23. The van der Waals surface area contributed by atoms with Crippen LogP contribution in [0.3, 0.4) is 0 Å². The van der Waals surface area contributed by atoms with Gasteiger partial charge in [0, 0.05) is 11.7 Å². The SMILES string of the molecule is CCC1CCCC1N1C(=O)c2cccc(N)c2C1=O. The van der Waals surface area contributed by atoms with Gasteiger partial charge in [0.2, 0.25) is 0 Å². The van der Waals surface area contributed by atoms with Crippen LogP contribution in [-0.4, -0.2) is 22.8 Å². The third kappa shape index (κ3) is 1.66. The van der Waals surface area contributed by atoms with E-state index in [1.165, 1.54) is 4.90 Å². The standard InChI is InChI=1S/C15H18N2O2/c1-2-9-5-3-8-12(9)17-14(18)10-6-4-7-11(16)13(10)15(17)19/h4,6-7,9,12H,2-3,5,8,16H2,1H3. The largest absolute Gasteiger partial charge is 0.398 e. The summed E-state index contributed by atoms with van der Waals surface area (Å²) in [6.45, 7) is 2.12. The molecule has 2 amide bonds. The van der Waals surface area contributed by atoms with E-state index in [2.05, 4.69) is 6.92 Å². The Kier molecular flexibility index (Phi) is 2.81. The first kappa shape index (κ1) is 12.2. The fourth-order valence-electron chi connectivity index (χ4n) is 3.46. The number of rotatable bonds is 2. The minimum atomic E-state index is -0.205. The molecule has 1 aliphatic carbocycles. The molecule has 0 bridgehead atoms. The van der Waals surface area contributed by atoms with E-state index >= 15 is 0 Å². The maximum absolute atomic E-state index is 12.5. The number of imide groups is 1. The van der Waals surface area contributed by atoms with Crippen LogP contribution in [0.25, 0.3) is 0 Å². The van der Waals surface area contributed by atoms with Crippen molar-refractivity contribution < 1.29 is 9.59 Å². The minimum Gasteiger partial charge on any atom is -0.398 e. The first-order valence-corrected chi connectivity index (χ1v) is 6.91. The highest BCUT2D eigenvalue weighted by Crippen LogP contribution is 2.37. The Balaban J connectivity index is 2.01. The van der Waals surface area contributed by atoms with Crippen LogP contribution in [0, 0.1) is 5.92 Å². The number of nitrogens with two attached hydrogens (primary N) is 1. The second-order valence-electron chi connectivity index (χ2n) is 5.42. The van der Waals surface area contributed by atoms with E-state index in [1.54, 1.807) is 18.2 Å². The van der Waals surface area contributed by atoms with Crippen LogP contribution in [0.5, 0.6) is 0 Å². The first-order chi connectivity index (χ1) is 9.15. The van der Waals surface area contributed by atoms with Crippen molar-refractivity contribution in [2.75, 3.05) is 5.73 Å². The van der Waals surface area contributed by atoms with E-state index in [1.807, 2.05) is 0 Å². The van der Waals surface area contributed by atoms with Crippen LogP contribution in [0.4, 0.5) is 5.69 Å². The lowest BCUT2D eigenvalue weighted by atomic mass is 9.99. The highest BCUT2D eigenvalue weighted by Gasteiger charge is 2.44. The number of nitrogens with zero attached hydrogens (tertiary/aromatic N) is 1. The second kappa shape index (κ2) is 4.37. The van der Waals surface area contributed by atoms with E-state index in [9.17, 15) is 9.59 Å². The van der Waals surface area contributed by atoms with Gasteiger partial charge in [-0.2, -0.15) is 0 Å². The average molecular weight is 258 g/mol. The molecule has 1 aliphatic heterocycles. The summed E-state index contributed by atoms with van der Waals surface area (Å²) in [5.41, 5.74) is 7.12. The Morgan fingerprint density at radius 2 is 2.05 bits per heavy atom. The molecule has 3 rings (SSSR count). The maximum atomic E-state index is 12.5. The Hall–Kier alpha value is -1.84. The Morgan fingerprint density at radius 1 is 1.26 bits per heavy atom. The van der Waals surface area contributed by atoms with Crippen molar-refractivity contribution in [2.45, 2.75) is 38.6 Å². The number of hydrogen-bond acceptors (Lipinski definition) is 3. The van der Waals surface area contributed by atoms with Gasteiger partial charge in [-0.05, 0) is 30.9 Å². The van der Waals surface area contributed by atoms with Gasteiger partial charge in [-0.3, -0.25) is 14.5 Å². The molecule has 2 atom stereocenters. The van der Waals surface area contributed by atoms with Crippen LogP contribution in [0.2, 0.25) is 0 Å². The van der Waals surface area contributed by atoms with E-state index in [4.69, 9.17) is 5.73 Å². The summed E-state index contributed by atoms with van der Waals surface area (Å²) in [5, 5.41) is 0. The third-order valence-corrected chi connectivity index (χ3v) is 4.45. The fourth-order valence-corrected chi connectivity index (χ4v) is 3.46. The molecule has 4 nitrogen and oxygen atoms in total. The van der Waals surface area contributed by atoms with Gasteiger partial charge in [-0.15, -0.1) is 0 Å². The Bertz CT molecular complexity index is 553. The molecular formula is C15H18N2O2. The first-order valence-electron chi connectivity index (χ1n) is 6.91. The predicted molar refractivity (Wildman–Crippen MR) is 72.8 cm³/mol. The van der Waals surface area contributed by atoms with Crippen LogP contribution >= 0.6 is 0 Å². The molecule has 1 aromatic carbocycles. The van der Waals surface area contributed by atoms with Crippen LogP contribution < -0.4 is 5.73 Å². The van der Waals surface area contributed by atoms with Crippen molar-refractivity contribution in [1.82, 2.24) is 4.90 Å². The van der Waals surface area contributed by atoms with Gasteiger partial charge in [0.05, 0.1) is 11.1 Å². The topological polar surface area (TPSA) is 63.4 Å². The third-order valence-electron chi connectivity index (χ3n) is 4.45. The smallest absolute Gasteiger partial charge is 0.263 e. The van der Waals surface area contributed by atoms with E-state index in [0.29, 0.717) is 22.7 Å². The predicted octanol–water partition coefficient (Wildman–Crippen LogP) is 2.44. The number of anilines is 1. The van der Waals surface area contributed by atoms with Crippen LogP contribution in [0.1, 0.15) is 53.3 Å². The monoisotopic (exact) mass is 258 g/mol. The highest BCUT2D eigenvalue weighted by atomic mass is 16.2. The number of hydrogen-bond donors (Lipinski definition) is 1. The quantitative estimate of drug-likeness (QED) is 0.654. The molecule has 1 fully saturated rings. The molecule has 2 aliphatic rings. The lowest BCUT2D eigenvalue weighted by Gasteiger charge is -2.27. The zero-order chi connectivity index (χ0) is 13.6. The molecule has 1 saturated carbocycles. The number of fused-ring (bicyclic) bond motifs is 1. The van der Waals surface area contributed by atoms with Crippen molar-refractivity contribution in [2.24, 2.45) is 5.92 Å². The van der Waals surface area contributed by atoms with E-state index < -0.39 is 0 Å². The molecule has 100 valence electrons. The van der Waals surface area contributed by atoms with Crippen molar-refractivity contribution in [3.05, 3.63) is 29.3 Å². The summed E-state index contributed by atoms with van der Waals surface area (Å²) in [6, 6.07) is 5.16. The number of benzene rings is 1. The molecule has 19 heavy (non-hydrogen) atoms. The van der Waals surface area contributed by atoms with Gasteiger partial charge in [0.25, 0.3) is 11.8 Å². The molecule has 2 unspecified atom stereocenters. The van der Waals surface area contributed by atoms with Gasteiger partial charge in [-0.25, -0.2) is 0 Å². The number of amides is 2. The second-order valence-corrected chi connectivity index (χ2v) is 5.42. The van der Waals surface area contributed by atoms with Crippen molar-refractivity contribution in [1.29, 1.82) is 0 Å². The van der Waals surface area contributed by atoms with Crippen molar-refractivity contribution in [3.8, 4) is 0 Å². The Labute approximate surface area is 112 Å². The summed E-state index contributed by atoms with van der Waals surface area (Å²) >= 11 is 0. The lowest BCUT2D eigenvalue weighted by Crippen LogP contribution is -2.41. The van der Waals surface area contributed by atoms with E-state index in [0.717, 1.165) is 25.7 Å².